The third-order valence-corrected chi connectivity index (χ3v) is 2.46. The van der Waals surface area contributed by atoms with Gasteiger partial charge in [-0.25, -0.2) is 23.2 Å². The molecule has 0 spiro atoms. The molecule has 1 heterocycles. The normalized spacial score (nSPS) is 10.7. The summed E-state index contributed by atoms with van der Waals surface area (Å²) in [6, 6.07) is 1.52. The lowest BCUT2D eigenvalue weighted by Crippen LogP contribution is -2.16. The Bertz CT molecular complexity index is 609. The van der Waals surface area contributed by atoms with Crippen LogP contribution in [0.1, 0.15) is 0 Å². The lowest BCUT2D eigenvalue weighted by molar-refractivity contribution is 0.576. The SMILES string of the molecule is O=c1[nH][nH]c(=S)n1-c1c(F)cc(F)cc1Cl. The summed E-state index contributed by atoms with van der Waals surface area (Å²) in [6.45, 7) is 0. The fraction of sp³-hybridized carbons (Fsp3) is 0. The molecule has 16 heavy (non-hydrogen) atoms. The van der Waals surface area contributed by atoms with Crippen LogP contribution in [-0.2, 0) is 0 Å². The maximum Gasteiger partial charge on any atom is 0.347 e. The van der Waals surface area contributed by atoms with E-state index in [4.69, 9.17) is 23.8 Å². The number of benzene rings is 1. The van der Waals surface area contributed by atoms with Crippen molar-refractivity contribution >= 4 is 23.8 Å². The number of nitrogens with one attached hydrogen (secondary N) is 2. The van der Waals surface area contributed by atoms with Crippen LogP contribution < -0.4 is 5.69 Å². The van der Waals surface area contributed by atoms with Crippen molar-refractivity contribution in [3.8, 4) is 5.69 Å². The quantitative estimate of drug-likeness (QED) is 0.775. The molecule has 0 amide bonds. The van der Waals surface area contributed by atoms with Gasteiger partial charge in [-0.2, -0.15) is 0 Å². The second-order valence-corrected chi connectivity index (χ2v) is 3.71. The monoisotopic (exact) mass is 263 g/mol. The van der Waals surface area contributed by atoms with Gasteiger partial charge in [-0.15, -0.1) is 0 Å². The van der Waals surface area contributed by atoms with E-state index >= 15 is 0 Å². The van der Waals surface area contributed by atoms with Gasteiger partial charge in [-0.3, -0.25) is 5.10 Å². The zero-order valence-electron chi connectivity index (χ0n) is 7.55. The molecule has 8 heteroatoms. The van der Waals surface area contributed by atoms with E-state index in [9.17, 15) is 13.6 Å². The van der Waals surface area contributed by atoms with E-state index in [0.29, 0.717) is 6.07 Å². The minimum atomic E-state index is -0.966. The van der Waals surface area contributed by atoms with Gasteiger partial charge in [0.15, 0.2) is 5.82 Å². The summed E-state index contributed by atoms with van der Waals surface area (Å²) in [5, 5.41) is 4.25. The smallest absolute Gasteiger partial charge is 0.272 e. The maximum atomic E-state index is 13.5. The van der Waals surface area contributed by atoms with Crippen LogP contribution in [0.4, 0.5) is 8.78 Å². The molecule has 0 unspecified atom stereocenters. The number of nitrogens with zero attached hydrogens (tertiary/aromatic N) is 1. The molecule has 1 aromatic carbocycles. The number of hydrogen-bond donors (Lipinski definition) is 2. The summed E-state index contributed by atoms with van der Waals surface area (Å²) in [5.74, 6) is -1.80. The van der Waals surface area contributed by atoms with Crippen molar-refractivity contribution in [2.24, 2.45) is 0 Å². The van der Waals surface area contributed by atoms with Crippen molar-refractivity contribution in [3.63, 3.8) is 0 Å². The summed E-state index contributed by atoms with van der Waals surface area (Å²) in [7, 11) is 0. The van der Waals surface area contributed by atoms with E-state index in [-0.39, 0.29) is 15.5 Å². The molecule has 0 fully saturated rings. The van der Waals surface area contributed by atoms with E-state index in [1.54, 1.807) is 0 Å². The highest BCUT2D eigenvalue weighted by molar-refractivity contribution is 7.71. The second-order valence-electron chi connectivity index (χ2n) is 2.91. The van der Waals surface area contributed by atoms with Crippen molar-refractivity contribution in [1.29, 1.82) is 0 Å². The average Bonchev–Trinajstić information content (AvgIpc) is 2.47. The van der Waals surface area contributed by atoms with Crippen LogP contribution in [0.5, 0.6) is 0 Å². The summed E-state index contributed by atoms with van der Waals surface area (Å²) in [6.07, 6.45) is 0. The Morgan fingerprint density at radius 2 is 2.00 bits per heavy atom. The van der Waals surface area contributed by atoms with E-state index in [1.165, 1.54) is 0 Å². The Kier molecular flexibility index (Phi) is 2.64. The van der Waals surface area contributed by atoms with E-state index in [0.717, 1.165) is 10.6 Å². The predicted molar refractivity (Wildman–Crippen MR) is 56.5 cm³/mol. The van der Waals surface area contributed by atoms with E-state index in [1.807, 2.05) is 0 Å². The maximum absolute atomic E-state index is 13.5. The highest BCUT2D eigenvalue weighted by Gasteiger charge is 2.15. The van der Waals surface area contributed by atoms with Crippen molar-refractivity contribution in [2.45, 2.75) is 0 Å². The summed E-state index contributed by atoms with van der Waals surface area (Å²) >= 11 is 10.4. The van der Waals surface area contributed by atoms with Gasteiger partial charge in [0.05, 0.1) is 5.02 Å². The molecule has 0 aliphatic carbocycles. The van der Waals surface area contributed by atoms with Crippen molar-refractivity contribution < 1.29 is 8.78 Å². The van der Waals surface area contributed by atoms with Gasteiger partial charge in [0, 0.05) is 6.07 Å². The number of aromatic amines is 2. The third-order valence-electron chi connectivity index (χ3n) is 1.89. The van der Waals surface area contributed by atoms with Crippen molar-refractivity contribution in [2.75, 3.05) is 0 Å². The molecule has 0 aliphatic heterocycles. The number of aromatic nitrogens is 3. The first-order valence-electron chi connectivity index (χ1n) is 4.05. The molecule has 2 aromatic rings. The topological polar surface area (TPSA) is 53.6 Å². The second kappa shape index (κ2) is 3.84. The van der Waals surface area contributed by atoms with Crippen LogP contribution in [0.15, 0.2) is 16.9 Å². The lowest BCUT2D eigenvalue weighted by Gasteiger charge is -2.05. The summed E-state index contributed by atoms with van der Waals surface area (Å²) in [5.41, 5.74) is -0.965. The van der Waals surface area contributed by atoms with Crippen LogP contribution in [0.2, 0.25) is 5.02 Å². The number of halogens is 3. The van der Waals surface area contributed by atoms with Gasteiger partial charge in [0.2, 0.25) is 4.77 Å². The standard InChI is InChI=1S/C8H4ClF2N3OS/c9-4-1-3(10)2-5(11)6(4)14-7(15)12-13-8(14)16/h1-2H,(H,12,15)(H,13,16). The van der Waals surface area contributed by atoms with E-state index < -0.39 is 17.3 Å². The molecule has 2 rings (SSSR count). The molecule has 0 atom stereocenters. The van der Waals surface area contributed by atoms with Crippen molar-refractivity contribution in [1.82, 2.24) is 14.8 Å². The van der Waals surface area contributed by atoms with Crippen LogP contribution in [-0.4, -0.2) is 14.8 Å². The van der Waals surface area contributed by atoms with Gasteiger partial charge in [-0.1, -0.05) is 11.6 Å². The molecule has 0 aliphatic rings. The molecule has 0 saturated carbocycles. The van der Waals surface area contributed by atoms with E-state index in [2.05, 4.69) is 10.2 Å². The number of H-pyrrole nitrogens is 2. The van der Waals surface area contributed by atoms with Crippen molar-refractivity contribution in [3.05, 3.63) is 44.0 Å². The third kappa shape index (κ3) is 1.68. The van der Waals surface area contributed by atoms with Gasteiger partial charge in [-0.05, 0) is 18.3 Å². The highest BCUT2D eigenvalue weighted by Crippen LogP contribution is 2.23. The Morgan fingerprint density at radius 3 is 2.50 bits per heavy atom. The van der Waals surface area contributed by atoms with Gasteiger partial charge in [0.1, 0.15) is 11.5 Å². The van der Waals surface area contributed by atoms with Crippen LogP contribution in [0.3, 0.4) is 0 Å². The Labute approximate surface area is 97.5 Å². The molecule has 0 bridgehead atoms. The number of hydrogen-bond acceptors (Lipinski definition) is 2. The molecule has 1 aromatic heterocycles. The van der Waals surface area contributed by atoms with Crippen LogP contribution in [0, 0.1) is 16.4 Å². The van der Waals surface area contributed by atoms with Gasteiger partial charge < -0.3 is 0 Å². The molecule has 2 N–H and O–H groups in total. The number of rotatable bonds is 1. The molecule has 0 radical (unpaired) electrons. The van der Waals surface area contributed by atoms with Crippen LogP contribution in [0.25, 0.3) is 5.69 Å². The van der Waals surface area contributed by atoms with Gasteiger partial charge >= 0.3 is 5.69 Å². The minimum Gasteiger partial charge on any atom is -0.272 e. The zero-order valence-corrected chi connectivity index (χ0v) is 9.12. The minimum absolute atomic E-state index is 0.0580. The van der Waals surface area contributed by atoms with Gasteiger partial charge in [0.25, 0.3) is 0 Å². The summed E-state index contributed by atoms with van der Waals surface area (Å²) < 4.78 is 27.0. The van der Waals surface area contributed by atoms with Crippen LogP contribution >= 0.6 is 23.8 Å². The Balaban J connectivity index is 2.85. The molecule has 0 saturated heterocycles. The first kappa shape index (κ1) is 11.0. The Hall–Kier alpha value is -1.47. The molecular formula is C8H4ClF2N3OS. The molecule has 84 valence electrons. The predicted octanol–water partition coefficient (Wildman–Crippen LogP) is 2.15. The zero-order chi connectivity index (χ0) is 11.9. The largest absolute Gasteiger partial charge is 0.347 e. The first-order chi connectivity index (χ1) is 7.50. The fourth-order valence-corrected chi connectivity index (χ4v) is 1.77. The average molecular weight is 264 g/mol. The Morgan fingerprint density at radius 1 is 1.31 bits per heavy atom. The fourth-order valence-electron chi connectivity index (χ4n) is 1.26. The summed E-state index contributed by atoms with van der Waals surface area (Å²) in [4.78, 5) is 11.3. The molecule has 4 nitrogen and oxygen atoms in total. The lowest BCUT2D eigenvalue weighted by atomic mass is 10.3. The molecular weight excluding hydrogens is 260 g/mol. The highest BCUT2D eigenvalue weighted by atomic mass is 35.5. The first-order valence-corrected chi connectivity index (χ1v) is 4.84.